The van der Waals surface area contributed by atoms with Gasteiger partial charge in [0.25, 0.3) is 0 Å². The predicted octanol–water partition coefficient (Wildman–Crippen LogP) is 0.182. The molecule has 1 aliphatic heterocycles. The summed E-state index contributed by atoms with van der Waals surface area (Å²) >= 11 is 1.82. The van der Waals surface area contributed by atoms with Gasteiger partial charge in [-0.2, -0.15) is 11.8 Å². The van der Waals surface area contributed by atoms with Crippen molar-refractivity contribution in [2.75, 3.05) is 25.1 Å². The van der Waals surface area contributed by atoms with E-state index in [0.717, 1.165) is 23.9 Å². The van der Waals surface area contributed by atoms with Gasteiger partial charge in [-0.25, -0.2) is 0 Å². The molecule has 0 radical (unpaired) electrons. The third kappa shape index (κ3) is 3.28. The van der Waals surface area contributed by atoms with Crippen LogP contribution in [0.1, 0.15) is 19.3 Å². The minimum Gasteiger partial charge on any atom is -0.387 e. The first-order valence-electron chi connectivity index (χ1n) is 5.49. The zero-order valence-corrected chi connectivity index (χ0v) is 9.94. The number of aliphatic hydroxyl groups is 1. The van der Waals surface area contributed by atoms with Gasteiger partial charge in [-0.3, -0.25) is 4.99 Å². The van der Waals surface area contributed by atoms with Crippen molar-refractivity contribution in [3.63, 3.8) is 0 Å². The van der Waals surface area contributed by atoms with E-state index in [4.69, 9.17) is 0 Å². The second-order valence-electron chi connectivity index (χ2n) is 4.37. The summed E-state index contributed by atoms with van der Waals surface area (Å²) in [7, 11) is 1.77. The molecule has 2 aliphatic rings. The van der Waals surface area contributed by atoms with Gasteiger partial charge in [-0.1, -0.05) is 0 Å². The van der Waals surface area contributed by atoms with Crippen LogP contribution in [0.5, 0.6) is 0 Å². The molecule has 2 rings (SSSR count). The summed E-state index contributed by atoms with van der Waals surface area (Å²) in [5, 5.41) is 16.6. The van der Waals surface area contributed by atoms with Crippen LogP contribution < -0.4 is 10.6 Å². The lowest BCUT2D eigenvalue weighted by molar-refractivity contribution is 0.0724. The molecule has 1 saturated heterocycles. The van der Waals surface area contributed by atoms with E-state index in [1.165, 1.54) is 12.8 Å². The number of nitrogens with zero attached hydrogens (tertiary/aromatic N) is 1. The highest BCUT2D eigenvalue weighted by molar-refractivity contribution is 7.99. The molecule has 0 aromatic heterocycles. The zero-order valence-electron chi connectivity index (χ0n) is 9.12. The summed E-state index contributed by atoms with van der Waals surface area (Å²) in [6.07, 6.45) is 3.35. The highest BCUT2D eigenvalue weighted by atomic mass is 32.2. The number of thioether (sulfide) groups is 1. The molecule has 0 amide bonds. The summed E-state index contributed by atoms with van der Waals surface area (Å²) in [5.41, 5.74) is -0.536. The molecule has 5 heteroatoms. The van der Waals surface area contributed by atoms with Gasteiger partial charge in [0, 0.05) is 25.4 Å². The first kappa shape index (κ1) is 11.1. The van der Waals surface area contributed by atoms with Crippen LogP contribution in [0.4, 0.5) is 0 Å². The molecule has 86 valence electrons. The first-order chi connectivity index (χ1) is 7.22. The van der Waals surface area contributed by atoms with Crippen LogP contribution in [0.2, 0.25) is 0 Å². The molecule has 1 heterocycles. The Hall–Kier alpha value is -0.420. The Balaban J connectivity index is 1.74. The molecule has 1 saturated carbocycles. The van der Waals surface area contributed by atoms with Crippen LogP contribution >= 0.6 is 11.8 Å². The number of rotatable bonds is 3. The molecule has 1 unspecified atom stereocenters. The van der Waals surface area contributed by atoms with Crippen molar-refractivity contribution in [3.8, 4) is 0 Å². The Morgan fingerprint density at radius 1 is 1.60 bits per heavy atom. The van der Waals surface area contributed by atoms with E-state index in [9.17, 15) is 5.11 Å². The Labute approximate surface area is 94.9 Å². The van der Waals surface area contributed by atoms with E-state index >= 15 is 0 Å². The van der Waals surface area contributed by atoms with Crippen LogP contribution in [0.15, 0.2) is 4.99 Å². The number of hydrogen-bond acceptors (Lipinski definition) is 3. The molecule has 0 aromatic rings. The van der Waals surface area contributed by atoms with Crippen LogP contribution in [-0.4, -0.2) is 47.8 Å². The van der Waals surface area contributed by atoms with Gasteiger partial charge >= 0.3 is 0 Å². The highest BCUT2D eigenvalue weighted by Crippen LogP contribution is 2.27. The average Bonchev–Trinajstić information content (AvgIpc) is 2.95. The molecular weight excluding hydrogens is 210 g/mol. The summed E-state index contributed by atoms with van der Waals surface area (Å²) in [6, 6.07) is 0.601. The predicted molar refractivity (Wildman–Crippen MR) is 64.4 cm³/mol. The van der Waals surface area contributed by atoms with Crippen molar-refractivity contribution >= 4 is 17.7 Å². The molecule has 1 aliphatic carbocycles. The fourth-order valence-electron chi connectivity index (χ4n) is 1.60. The lowest BCUT2D eigenvalue weighted by Crippen LogP contribution is -2.47. The topological polar surface area (TPSA) is 56.7 Å². The number of aliphatic imine (C=N–C) groups is 1. The molecule has 0 bridgehead atoms. The average molecular weight is 229 g/mol. The summed E-state index contributed by atoms with van der Waals surface area (Å²) in [6.45, 7) is 0.604. The van der Waals surface area contributed by atoms with E-state index in [1.54, 1.807) is 7.05 Å². The SMILES string of the molecule is CN=C(NCC1(O)CCSC1)NC1CC1. The Bertz CT molecular complexity index is 247. The molecule has 2 fully saturated rings. The minimum absolute atomic E-state index is 0.536. The number of guanidine groups is 1. The fraction of sp³-hybridized carbons (Fsp3) is 0.900. The van der Waals surface area contributed by atoms with Gasteiger partial charge in [0.2, 0.25) is 0 Å². The largest absolute Gasteiger partial charge is 0.387 e. The molecule has 15 heavy (non-hydrogen) atoms. The Kier molecular flexibility index (Phi) is 3.41. The second-order valence-corrected chi connectivity index (χ2v) is 5.48. The highest BCUT2D eigenvalue weighted by Gasteiger charge is 2.32. The Morgan fingerprint density at radius 2 is 2.40 bits per heavy atom. The van der Waals surface area contributed by atoms with Crippen molar-refractivity contribution in [1.29, 1.82) is 0 Å². The van der Waals surface area contributed by atoms with E-state index in [2.05, 4.69) is 15.6 Å². The quantitative estimate of drug-likeness (QED) is 0.477. The summed E-state index contributed by atoms with van der Waals surface area (Å²) in [4.78, 5) is 4.14. The normalized spacial score (nSPS) is 31.7. The second kappa shape index (κ2) is 4.61. The van der Waals surface area contributed by atoms with Crippen molar-refractivity contribution < 1.29 is 5.11 Å². The smallest absolute Gasteiger partial charge is 0.191 e. The van der Waals surface area contributed by atoms with E-state index < -0.39 is 5.60 Å². The minimum atomic E-state index is -0.536. The molecular formula is C10H19N3OS. The van der Waals surface area contributed by atoms with Gasteiger partial charge < -0.3 is 15.7 Å². The number of nitrogens with one attached hydrogen (secondary N) is 2. The van der Waals surface area contributed by atoms with Gasteiger partial charge in [-0.05, 0) is 25.0 Å². The van der Waals surface area contributed by atoms with E-state index in [-0.39, 0.29) is 0 Å². The standard InChI is InChI=1S/C10H19N3OS/c1-11-9(13-8-2-3-8)12-6-10(14)4-5-15-7-10/h8,14H,2-7H2,1H3,(H2,11,12,13). The monoisotopic (exact) mass is 229 g/mol. The Morgan fingerprint density at radius 3 is 2.93 bits per heavy atom. The number of hydrogen-bond donors (Lipinski definition) is 3. The van der Waals surface area contributed by atoms with Gasteiger partial charge in [-0.15, -0.1) is 0 Å². The maximum atomic E-state index is 10.1. The van der Waals surface area contributed by atoms with E-state index in [0.29, 0.717) is 12.6 Å². The van der Waals surface area contributed by atoms with Crippen molar-refractivity contribution in [3.05, 3.63) is 0 Å². The molecule has 4 nitrogen and oxygen atoms in total. The zero-order chi connectivity index (χ0) is 10.7. The lowest BCUT2D eigenvalue weighted by atomic mass is 10.0. The van der Waals surface area contributed by atoms with Gasteiger partial charge in [0.15, 0.2) is 5.96 Å². The van der Waals surface area contributed by atoms with Crippen LogP contribution in [-0.2, 0) is 0 Å². The maximum Gasteiger partial charge on any atom is 0.191 e. The van der Waals surface area contributed by atoms with E-state index in [1.807, 2.05) is 11.8 Å². The molecule has 0 aromatic carbocycles. The maximum absolute atomic E-state index is 10.1. The molecule has 1 atom stereocenters. The summed E-state index contributed by atoms with van der Waals surface area (Å²) in [5.74, 6) is 2.72. The van der Waals surface area contributed by atoms with Gasteiger partial charge in [0.1, 0.15) is 0 Å². The van der Waals surface area contributed by atoms with Crippen molar-refractivity contribution in [2.45, 2.75) is 30.9 Å². The van der Waals surface area contributed by atoms with Crippen molar-refractivity contribution in [1.82, 2.24) is 10.6 Å². The third-order valence-electron chi connectivity index (χ3n) is 2.81. The summed E-state index contributed by atoms with van der Waals surface area (Å²) < 4.78 is 0. The van der Waals surface area contributed by atoms with Crippen LogP contribution in [0.25, 0.3) is 0 Å². The third-order valence-corrected chi connectivity index (χ3v) is 4.04. The van der Waals surface area contributed by atoms with Crippen LogP contribution in [0, 0.1) is 0 Å². The first-order valence-corrected chi connectivity index (χ1v) is 6.65. The van der Waals surface area contributed by atoms with Crippen LogP contribution in [0.3, 0.4) is 0 Å². The van der Waals surface area contributed by atoms with Crippen molar-refractivity contribution in [2.24, 2.45) is 4.99 Å². The fourth-order valence-corrected chi connectivity index (χ4v) is 2.89. The lowest BCUT2D eigenvalue weighted by Gasteiger charge is -2.23. The molecule has 3 N–H and O–H groups in total. The van der Waals surface area contributed by atoms with Gasteiger partial charge in [0.05, 0.1) is 5.60 Å². The molecule has 0 spiro atoms.